The van der Waals surface area contributed by atoms with E-state index in [1.165, 1.54) is 11.8 Å². The second-order valence-electron chi connectivity index (χ2n) is 5.25. The molecule has 1 saturated heterocycles. The van der Waals surface area contributed by atoms with Gasteiger partial charge in [-0.25, -0.2) is 0 Å². The first-order valence-electron chi connectivity index (χ1n) is 6.98. The van der Waals surface area contributed by atoms with E-state index >= 15 is 0 Å². The van der Waals surface area contributed by atoms with Crippen molar-refractivity contribution in [2.45, 2.75) is 29.7 Å². The van der Waals surface area contributed by atoms with Gasteiger partial charge in [-0.1, -0.05) is 11.6 Å². The number of carbonyl (C=O) groups excluding carboxylic acids is 1. The zero-order valence-corrected chi connectivity index (χ0v) is 13.6. The minimum atomic E-state index is -0.910. The van der Waals surface area contributed by atoms with Gasteiger partial charge >= 0.3 is 5.97 Å². The molecule has 1 fully saturated rings. The van der Waals surface area contributed by atoms with E-state index in [2.05, 4.69) is 5.32 Å². The maximum absolute atomic E-state index is 12.1. The minimum Gasteiger partial charge on any atom is -0.481 e. The van der Waals surface area contributed by atoms with Crippen LogP contribution in [0.4, 0.5) is 0 Å². The fourth-order valence-electron chi connectivity index (χ4n) is 2.41. The van der Waals surface area contributed by atoms with E-state index in [1.54, 1.807) is 12.1 Å². The Hall–Kier alpha value is -1.24. The van der Waals surface area contributed by atoms with Crippen LogP contribution in [0.3, 0.4) is 0 Å². The largest absolute Gasteiger partial charge is 0.481 e. The molecule has 1 amide bonds. The Morgan fingerprint density at radius 3 is 2.50 bits per heavy atom. The van der Waals surface area contributed by atoms with Crippen molar-refractivity contribution >= 4 is 35.2 Å². The van der Waals surface area contributed by atoms with E-state index in [0.717, 1.165) is 4.90 Å². The van der Waals surface area contributed by atoms with Crippen LogP contribution in [0.5, 0.6) is 0 Å². The maximum atomic E-state index is 12.1. The van der Waals surface area contributed by atoms with Crippen LogP contribution in [0, 0.1) is 0 Å². The highest BCUT2D eigenvalue weighted by molar-refractivity contribution is 8.00. The van der Waals surface area contributed by atoms with Crippen LogP contribution in [0.15, 0.2) is 29.2 Å². The first kappa shape index (κ1) is 17.1. The molecule has 1 aromatic carbocycles. The van der Waals surface area contributed by atoms with Crippen molar-refractivity contribution in [1.29, 1.82) is 0 Å². The highest BCUT2D eigenvalue weighted by Crippen LogP contribution is 2.26. The van der Waals surface area contributed by atoms with Crippen LogP contribution < -0.4 is 5.32 Å². The SMILES string of the molecule is O=C(O)CC1(NC(=O)CSc2ccc(Cl)cc2)CCOCC1. The van der Waals surface area contributed by atoms with Crippen molar-refractivity contribution in [1.82, 2.24) is 5.32 Å². The van der Waals surface area contributed by atoms with E-state index in [0.29, 0.717) is 31.1 Å². The first-order valence-corrected chi connectivity index (χ1v) is 8.34. The van der Waals surface area contributed by atoms with E-state index in [4.69, 9.17) is 21.4 Å². The number of thioether (sulfide) groups is 1. The molecule has 22 heavy (non-hydrogen) atoms. The topological polar surface area (TPSA) is 75.6 Å². The third kappa shape index (κ3) is 5.19. The summed E-state index contributed by atoms with van der Waals surface area (Å²) in [5.41, 5.74) is -0.693. The average molecular weight is 344 g/mol. The van der Waals surface area contributed by atoms with E-state index in [9.17, 15) is 9.59 Å². The van der Waals surface area contributed by atoms with Crippen molar-refractivity contribution in [3.63, 3.8) is 0 Å². The number of ether oxygens (including phenoxy) is 1. The second kappa shape index (κ2) is 7.85. The van der Waals surface area contributed by atoms with Gasteiger partial charge in [-0.3, -0.25) is 9.59 Å². The van der Waals surface area contributed by atoms with Gasteiger partial charge in [0.05, 0.1) is 17.7 Å². The van der Waals surface area contributed by atoms with Gasteiger partial charge < -0.3 is 15.2 Å². The summed E-state index contributed by atoms with van der Waals surface area (Å²) < 4.78 is 5.27. The molecule has 5 nitrogen and oxygen atoms in total. The van der Waals surface area contributed by atoms with Crippen molar-refractivity contribution < 1.29 is 19.4 Å². The molecule has 7 heteroatoms. The Bertz CT molecular complexity index is 529. The molecule has 2 rings (SSSR count). The number of benzene rings is 1. The van der Waals surface area contributed by atoms with Crippen molar-refractivity contribution in [3.8, 4) is 0 Å². The number of amides is 1. The van der Waals surface area contributed by atoms with Gasteiger partial charge in [-0.15, -0.1) is 11.8 Å². The summed E-state index contributed by atoms with van der Waals surface area (Å²) in [6, 6.07) is 7.24. The van der Waals surface area contributed by atoms with E-state index < -0.39 is 11.5 Å². The second-order valence-corrected chi connectivity index (χ2v) is 6.74. The van der Waals surface area contributed by atoms with Gasteiger partial charge in [0, 0.05) is 23.1 Å². The molecule has 120 valence electrons. The number of halogens is 1. The van der Waals surface area contributed by atoms with Gasteiger partial charge in [-0.2, -0.15) is 0 Å². The van der Waals surface area contributed by atoms with E-state index in [-0.39, 0.29) is 18.1 Å². The molecule has 0 aromatic heterocycles. The standard InChI is InChI=1S/C15H18ClNO4S/c16-11-1-3-12(4-2-11)22-10-13(18)17-15(9-14(19)20)5-7-21-8-6-15/h1-4H,5-10H2,(H,17,18)(H,19,20). The lowest BCUT2D eigenvalue weighted by Crippen LogP contribution is -2.53. The molecule has 1 heterocycles. The summed E-state index contributed by atoms with van der Waals surface area (Å²) in [6.07, 6.45) is 0.973. The average Bonchev–Trinajstić information content (AvgIpc) is 2.46. The quantitative estimate of drug-likeness (QED) is 0.776. The summed E-state index contributed by atoms with van der Waals surface area (Å²) in [4.78, 5) is 24.1. The lowest BCUT2D eigenvalue weighted by Gasteiger charge is -2.36. The number of carboxylic acid groups (broad SMARTS) is 1. The zero-order valence-electron chi connectivity index (χ0n) is 12.0. The molecule has 2 N–H and O–H groups in total. The number of hydrogen-bond donors (Lipinski definition) is 2. The first-order chi connectivity index (χ1) is 10.5. The predicted molar refractivity (Wildman–Crippen MR) is 85.4 cm³/mol. The van der Waals surface area contributed by atoms with Crippen LogP contribution in [0.2, 0.25) is 5.02 Å². The third-order valence-corrected chi connectivity index (χ3v) is 4.79. The summed E-state index contributed by atoms with van der Waals surface area (Å²) in [6.45, 7) is 0.940. The van der Waals surface area contributed by atoms with Gasteiger partial charge in [0.15, 0.2) is 0 Å². The predicted octanol–water partition coefficient (Wildman–Crippen LogP) is 2.57. The third-order valence-electron chi connectivity index (χ3n) is 3.53. The lowest BCUT2D eigenvalue weighted by molar-refractivity contribution is -0.140. The summed E-state index contributed by atoms with van der Waals surface area (Å²) in [5.74, 6) is -0.834. The van der Waals surface area contributed by atoms with Gasteiger partial charge in [0.2, 0.25) is 5.91 Å². The molecule has 0 radical (unpaired) electrons. The Morgan fingerprint density at radius 1 is 1.27 bits per heavy atom. The molecule has 0 spiro atoms. The van der Waals surface area contributed by atoms with Crippen molar-refractivity contribution in [3.05, 3.63) is 29.3 Å². The zero-order chi connectivity index (χ0) is 16.0. The smallest absolute Gasteiger partial charge is 0.305 e. The highest BCUT2D eigenvalue weighted by atomic mass is 35.5. The van der Waals surface area contributed by atoms with Crippen molar-refractivity contribution in [2.75, 3.05) is 19.0 Å². The lowest BCUT2D eigenvalue weighted by atomic mass is 9.86. The summed E-state index contributed by atoms with van der Waals surface area (Å²) >= 11 is 7.21. The molecule has 1 aliphatic heterocycles. The normalized spacial score (nSPS) is 17.0. The van der Waals surface area contributed by atoms with Crippen LogP contribution >= 0.6 is 23.4 Å². The van der Waals surface area contributed by atoms with Crippen LogP contribution in [-0.4, -0.2) is 41.5 Å². The number of nitrogens with one attached hydrogen (secondary N) is 1. The van der Waals surface area contributed by atoms with E-state index in [1.807, 2.05) is 12.1 Å². The Morgan fingerprint density at radius 2 is 1.91 bits per heavy atom. The molecule has 0 bridgehead atoms. The molecule has 0 atom stereocenters. The fraction of sp³-hybridized carbons (Fsp3) is 0.467. The number of hydrogen-bond acceptors (Lipinski definition) is 4. The molecule has 1 aromatic rings. The maximum Gasteiger partial charge on any atom is 0.305 e. The highest BCUT2D eigenvalue weighted by Gasteiger charge is 2.36. The molecule has 1 aliphatic rings. The summed E-state index contributed by atoms with van der Waals surface area (Å²) in [5, 5.41) is 12.6. The van der Waals surface area contributed by atoms with Crippen LogP contribution in [0.1, 0.15) is 19.3 Å². The number of aliphatic carboxylic acids is 1. The molecular formula is C15H18ClNO4S. The number of carbonyl (C=O) groups is 2. The monoisotopic (exact) mass is 343 g/mol. The number of rotatable bonds is 6. The van der Waals surface area contributed by atoms with Crippen LogP contribution in [-0.2, 0) is 14.3 Å². The molecule has 0 unspecified atom stereocenters. The van der Waals surface area contributed by atoms with Gasteiger partial charge in [0.1, 0.15) is 0 Å². The van der Waals surface area contributed by atoms with Crippen molar-refractivity contribution in [2.24, 2.45) is 0 Å². The number of carboxylic acids is 1. The summed E-state index contributed by atoms with van der Waals surface area (Å²) in [7, 11) is 0. The Kier molecular flexibility index (Phi) is 6.11. The molecule has 0 saturated carbocycles. The van der Waals surface area contributed by atoms with Crippen LogP contribution in [0.25, 0.3) is 0 Å². The van der Waals surface area contributed by atoms with Gasteiger partial charge in [0.25, 0.3) is 0 Å². The minimum absolute atomic E-state index is 0.0757. The fourth-order valence-corrected chi connectivity index (χ4v) is 3.23. The van der Waals surface area contributed by atoms with Gasteiger partial charge in [-0.05, 0) is 37.1 Å². The Balaban J connectivity index is 1.90. The molecular weight excluding hydrogens is 326 g/mol. The Labute approximate surface area is 138 Å². The molecule has 0 aliphatic carbocycles.